The number of methoxy groups -OCH3 is 1. The summed E-state index contributed by atoms with van der Waals surface area (Å²) in [5.41, 5.74) is 2.77. The number of aromatic nitrogens is 3. The van der Waals surface area contributed by atoms with E-state index in [9.17, 15) is 4.79 Å². The van der Waals surface area contributed by atoms with E-state index in [1.807, 2.05) is 24.3 Å². The van der Waals surface area contributed by atoms with Crippen molar-refractivity contribution in [3.05, 3.63) is 42.1 Å². The highest BCUT2D eigenvalue weighted by molar-refractivity contribution is 7.19. The van der Waals surface area contributed by atoms with Crippen LogP contribution in [0.4, 0.5) is 10.6 Å². The second-order valence-corrected chi connectivity index (χ2v) is 8.20. The molecule has 4 rings (SSSR count). The van der Waals surface area contributed by atoms with Crippen LogP contribution in [-0.2, 0) is 11.3 Å². The molecule has 7 nitrogen and oxygen atoms in total. The number of carbonyl (C=O) groups excluding carboxylic acids is 1. The van der Waals surface area contributed by atoms with Gasteiger partial charge in [-0.05, 0) is 32.3 Å². The molecule has 1 aromatic carbocycles. The van der Waals surface area contributed by atoms with E-state index in [2.05, 4.69) is 44.2 Å². The molecule has 2 aromatic heterocycles. The molecule has 1 aliphatic heterocycles. The number of piperidine rings is 1. The lowest BCUT2D eigenvalue weighted by molar-refractivity contribution is 0.170. The van der Waals surface area contributed by atoms with Crippen molar-refractivity contribution in [3.8, 4) is 21.1 Å². The van der Waals surface area contributed by atoms with Gasteiger partial charge in [0.2, 0.25) is 0 Å². The van der Waals surface area contributed by atoms with E-state index in [1.54, 1.807) is 11.3 Å². The number of H-pyrrole nitrogens is 1. The zero-order valence-electron chi connectivity index (χ0n) is 16.6. The fourth-order valence-corrected chi connectivity index (χ4v) is 4.64. The number of alkyl carbamates (subject to hydrolysis) is 1. The number of nitrogens with one attached hydrogen (secondary N) is 2. The maximum atomic E-state index is 11.3. The first kappa shape index (κ1) is 19.4. The maximum Gasteiger partial charge on any atom is 0.407 e. The first-order valence-corrected chi connectivity index (χ1v) is 10.7. The average Bonchev–Trinajstić information content (AvgIpc) is 3.40. The summed E-state index contributed by atoms with van der Waals surface area (Å²) >= 11 is 1.66. The molecule has 3 heterocycles. The van der Waals surface area contributed by atoms with E-state index < -0.39 is 6.09 Å². The predicted molar refractivity (Wildman–Crippen MR) is 115 cm³/mol. The summed E-state index contributed by atoms with van der Waals surface area (Å²) in [6.07, 6.45) is 3.14. The van der Waals surface area contributed by atoms with Crippen molar-refractivity contribution >= 4 is 23.2 Å². The first-order valence-electron chi connectivity index (χ1n) is 9.85. The van der Waals surface area contributed by atoms with Crippen LogP contribution in [0.3, 0.4) is 0 Å². The van der Waals surface area contributed by atoms with E-state index in [0.29, 0.717) is 12.6 Å². The second kappa shape index (κ2) is 8.65. The van der Waals surface area contributed by atoms with Crippen molar-refractivity contribution in [2.24, 2.45) is 0 Å². The number of nitrogens with zero attached hydrogens (tertiary/aromatic N) is 3. The maximum absolute atomic E-state index is 11.3. The highest BCUT2D eigenvalue weighted by Crippen LogP contribution is 2.41. The number of hydrogen-bond donors (Lipinski definition) is 2. The molecule has 1 atom stereocenters. The zero-order chi connectivity index (χ0) is 20.2. The fourth-order valence-electron chi connectivity index (χ4n) is 3.60. The number of benzene rings is 1. The summed E-state index contributed by atoms with van der Waals surface area (Å²) in [7, 11) is 1.35. The summed E-state index contributed by atoms with van der Waals surface area (Å²) in [5.74, 6) is 1.00. The minimum atomic E-state index is -0.465. The monoisotopic (exact) mass is 411 g/mol. The number of amides is 1. The number of anilines is 1. The third-order valence-corrected chi connectivity index (χ3v) is 6.29. The predicted octanol–water partition coefficient (Wildman–Crippen LogP) is 4.44. The molecule has 1 aliphatic rings. The third-order valence-electron chi connectivity index (χ3n) is 5.18. The second-order valence-electron chi connectivity index (χ2n) is 7.20. The molecule has 0 spiro atoms. The quantitative estimate of drug-likeness (QED) is 0.649. The molecule has 152 valence electrons. The molecule has 2 N–H and O–H groups in total. The lowest BCUT2D eigenvalue weighted by Gasteiger charge is -2.34. The van der Waals surface area contributed by atoms with Gasteiger partial charge in [0.05, 0.1) is 24.2 Å². The number of rotatable bonds is 5. The molecule has 3 aromatic rings. The van der Waals surface area contributed by atoms with Crippen LogP contribution in [0.5, 0.6) is 0 Å². The van der Waals surface area contributed by atoms with Crippen molar-refractivity contribution in [2.75, 3.05) is 18.6 Å². The van der Waals surface area contributed by atoms with Crippen LogP contribution in [0.25, 0.3) is 21.1 Å². The van der Waals surface area contributed by atoms with E-state index in [1.165, 1.54) is 26.4 Å². The largest absolute Gasteiger partial charge is 0.453 e. The SMILES string of the molecule is COC(=O)NCc1cc(-c2sc(-c3ccccc3)nc2N2CCCCC2C)n[nH]1. The lowest BCUT2D eigenvalue weighted by Crippen LogP contribution is -2.37. The molecule has 0 bridgehead atoms. The summed E-state index contributed by atoms with van der Waals surface area (Å²) in [6, 6.07) is 12.7. The minimum Gasteiger partial charge on any atom is -0.453 e. The lowest BCUT2D eigenvalue weighted by atomic mass is 10.0. The fraction of sp³-hybridized carbons (Fsp3) is 0.381. The summed E-state index contributed by atoms with van der Waals surface area (Å²) in [5, 5.41) is 11.2. The zero-order valence-corrected chi connectivity index (χ0v) is 17.5. The van der Waals surface area contributed by atoms with Gasteiger partial charge in [-0.2, -0.15) is 5.10 Å². The van der Waals surface area contributed by atoms with E-state index >= 15 is 0 Å². The number of hydrogen-bond acceptors (Lipinski definition) is 6. The molecule has 1 saturated heterocycles. The highest BCUT2D eigenvalue weighted by Gasteiger charge is 2.26. The summed E-state index contributed by atoms with van der Waals surface area (Å²) in [4.78, 5) is 19.8. The van der Waals surface area contributed by atoms with Crippen molar-refractivity contribution < 1.29 is 9.53 Å². The molecule has 0 aliphatic carbocycles. The smallest absolute Gasteiger partial charge is 0.407 e. The molecule has 0 radical (unpaired) electrons. The van der Waals surface area contributed by atoms with Crippen LogP contribution in [-0.4, -0.2) is 41.0 Å². The Hall–Kier alpha value is -2.87. The van der Waals surface area contributed by atoms with Gasteiger partial charge >= 0.3 is 6.09 Å². The van der Waals surface area contributed by atoms with E-state index in [-0.39, 0.29) is 0 Å². The molecule has 1 amide bonds. The first-order chi connectivity index (χ1) is 14.2. The Kier molecular flexibility index (Phi) is 5.80. The third kappa shape index (κ3) is 4.27. The van der Waals surface area contributed by atoms with Crippen molar-refractivity contribution in [1.29, 1.82) is 0 Å². The van der Waals surface area contributed by atoms with Gasteiger partial charge < -0.3 is 15.0 Å². The Morgan fingerprint density at radius 3 is 2.93 bits per heavy atom. The van der Waals surface area contributed by atoms with Gasteiger partial charge in [0.1, 0.15) is 16.5 Å². The Morgan fingerprint density at radius 1 is 1.34 bits per heavy atom. The summed E-state index contributed by atoms with van der Waals surface area (Å²) < 4.78 is 4.63. The minimum absolute atomic E-state index is 0.333. The van der Waals surface area contributed by atoms with Crippen LogP contribution in [0.15, 0.2) is 36.4 Å². The normalized spacial score (nSPS) is 16.6. The Balaban J connectivity index is 1.68. The van der Waals surface area contributed by atoms with E-state index in [4.69, 9.17) is 4.98 Å². The van der Waals surface area contributed by atoms with Crippen LogP contribution in [0, 0.1) is 0 Å². The van der Waals surface area contributed by atoms with Crippen molar-refractivity contribution in [2.45, 2.75) is 38.8 Å². The Morgan fingerprint density at radius 2 is 2.17 bits per heavy atom. The number of aromatic amines is 1. The number of thiazole rings is 1. The van der Waals surface area contributed by atoms with Gasteiger partial charge in [0.15, 0.2) is 0 Å². The van der Waals surface area contributed by atoms with Crippen LogP contribution >= 0.6 is 11.3 Å². The van der Waals surface area contributed by atoms with Gasteiger partial charge in [-0.15, -0.1) is 11.3 Å². The van der Waals surface area contributed by atoms with Crippen LogP contribution in [0.1, 0.15) is 31.9 Å². The molecular weight excluding hydrogens is 386 g/mol. The molecule has 1 unspecified atom stereocenters. The number of ether oxygens (including phenoxy) is 1. The van der Waals surface area contributed by atoms with Gasteiger partial charge in [-0.3, -0.25) is 5.10 Å². The molecular formula is C21H25N5O2S. The Labute approximate surface area is 174 Å². The molecule has 29 heavy (non-hydrogen) atoms. The molecule has 8 heteroatoms. The number of carbonyl (C=O) groups is 1. The van der Waals surface area contributed by atoms with Gasteiger partial charge in [-0.1, -0.05) is 30.3 Å². The topological polar surface area (TPSA) is 83.1 Å². The molecule has 0 saturated carbocycles. The van der Waals surface area contributed by atoms with Crippen LogP contribution in [0.2, 0.25) is 0 Å². The van der Waals surface area contributed by atoms with E-state index in [0.717, 1.165) is 39.2 Å². The van der Waals surface area contributed by atoms with Crippen LogP contribution < -0.4 is 10.2 Å². The summed E-state index contributed by atoms with van der Waals surface area (Å²) in [6.45, 7) is 3.60. The van der Waals surface area contributed by atoms with Crippen molar-refractivity contribution in [3.63, 3.8) is 0 Å². The van der Waals surface area contributed by atoms with Gasteiger partial charge in [0, 0.05) is 18.2 Å². The Bertz CT molecular complexity index is 969. The van der Waals surface area contributed by atoms with Gasteiger partial charge in [0.25, 0.3) is 0 Å². The average molecular weight is 412 g/mol. The highest BCUT2D eigenvalue weighted by atomic mass is 32.1. The molecule has 1 fully saturated rings. The standard InChI is InChI=1S/C21H25N5O2S/c1-14-8-6-7-11-26(14)19-18(29-20(23-19)15-9-4-3-5-10-15)17-12-16(24-25-17)13-22-21(27)28-2/h3-5,9-10,12,14H,6-8,11,13H2,1-2H3,(H,22,27)(H,24,25). The van der Waals surface area contributed by atoms with Crippen molar-refractivity contribution in [1.82, 2.24) is 20.5 Å². The van der Waals surface area contributed by atoms with Gasteiger partial charge in [-0.25, -0.2) is 9.78 Å².